The minimum absolute atomic E-state index is 0.338. The van der Waals surface area contributed by atoms with Crippen molar-refractivity contribution in [1.82, 2.24) is 0 Å². The Hall–Kier alpha value is -0.995. The summed E-state index contributed by atoms with van der Waals surface area (Å²) >= 11 is 0. The van der Waals surface area contributed by atoms with Crippen LogP contribution < -0.4 is 10.2 Å². The van der Waals surface area contributed by atoms with Crippen molar-refractivity contribution in [3.63, 3.8) is 0 Å². The van der Waals surface area contributed by atoms with Crippen molar-refractivity contribution >= 4 is 12.6 Å². The molecule has 0 unspecified atom stereocenters. The number of rotatable bonds is 4. The van der Waals surface area contributed by atoms with E-state index in [1.54, 1.807) is 0 Å². The maximum atomic E-state index is 6.18. The van der Waals surface area contributed by atoms with Gasteiger partial charge < -0.3 is 14.0 Å². The Labute approximate surface area is 129 Å². The molecule has 2 rings (SSSR count). The van der Waals surface area contributed by atoms with Crippen LogP contribution in [0.1, 0.15) is 47.1 Å². The second-order valence-electron chi connectivity index (χ2n) is 7.28. The maximum absolute atomic E-state index is 6.18. The number of hydrogen-bond donors (Lipinski definition) is 0. The molecule has 1 heterocycles. The summed E-state index contributed by atoms with van der Waals surface area (Å²) in [5.41, 5.74) is 1.47. The van der Waals surface area contributed by atoms with E-state index < -0.39 is 0 Å². The third-order valence-electron chi connectivity index (χ3n) is 4.35. The number of ether oxygens (including phenoxy) is 1. The van der Waals surface area contributed by atoms with Gasteiger partial charge in [-0.1, -0.05) is 26.0 Å². The maximum Gasteiger partial charge on any atom is 0.498 e. The lowest BCUT2D eigenvalue weighted by molar-refractivity contribution is 0.00578. The lowest BCUT2D eigenvalue weighted by Crippen LogP contribution is -2.41. The molecular formula is C17H27BO3. The highest BCUT2D eigenvalue weighted by Crippen LogP contribution is 2.37. The number of aryl methyl sites for hydroxylation is 1. The van der Waals surface area contributed by atoms with E-state index in [9.17, 15) is 0 Å². The van der Waals surface area contributed by atoms with Crippen LogP contribution >= 0.6 is 0 Å². The van der Waals surface area contributed by atoms with Gasteiger partial charge in [-0.15, -0.1) is 0 Å². The topological polar surface area (TPSA) is 27.7 Å². The van der Waals surface area contributed by atoms with E-state index in [0.717, 1.165) is 16.8 Å². The Kier molecular flexibility index (Phi) is 4.41. The Balaban J connectivity index is 2.32. The monoisotopic (exact) mass is 290 g/mol. The van der Waals surface area contributed by atoms with Gasteiger partial charge in [0.15, 0.2) is 0 Å². The van der Waals surface area contributed by atoms with Crippen LogP contribution in [0.2, 0.25) is 0 Å². The van der Waals surface area contributed by atoms with Crippen molar-refractivity contribution in [2.24, 2.45) is 5.92 Å². The zero-order valence-electron chi connectivity index (χ0n) is 14.3. The van der Waals surface area contributed by atoms with Crippen molar-refractivity contribution in [3.8, 4) is 5.75 Å². The molecule has 0 aromatic heterocycles. The second-order valence-corrected chi connectivity index (χ2v) is 7.28. The van der Waals surface area contributed by atoms with Gasteiger partial charge in [0.1, 0.15) is 5.75 Å². The Bertz CT molecular complexity index is 493. The second kappa shape index (κ2) is 5.66. The van der Waals surface area contributed by atoms with Gasteiger partial charge >= 0.3 is 7.12 Å². The molecule has 0 aliphatic carbocycles. The van der Waals surface area contributed by atoms with Crippen molar-refractivity contribution in [2.75, 3.05) is 6.61 Å². The average Bonchev–Trinajstić information content (AvgIpc) is 2.55. The molecule has 0 radical (unpaired) electrons. The highest BCUT2D eigenvalue weighted by Gasteiger charge is 2.52. The van der Waals surface area contributed by atoms with Crippen LogP contribution in [-0.4, -0.2) is 24.9 Å². The summed E-state index contributed by atoms with van der Waals surface area (Å²) in [5, 5.41) is 0. The highest BCUT2D eigenvalue weighted by molar-refractivity contribution is 6.63. The number of hydrogen-bond acceptors (Lipinski definition) is 3. The van der Waals surface area contributed by atoms with Crippen LogP contribution in [0, 0.1) is 12.8 Å². The van der Waals surface area contributed by atoms with Gasteiger partial charge in [0, 0.05) is 5.46 Å². The van der Waals surface area contributed by atoms with Gasteiger partial charge in [0.2, 0.25) is 0 Å². The molecule has 1 fully saturated rings. The fraction of sp³-hybridized carbons (Fsp3) is 0.647. The van der Waals surface area contributed by atoms with Crippen LogP contribution in [-0.2, 0) is 9.31 Å². The predicted molar refractivity (Wildman–Crippen MR) is 87.2 cm³/mol. The molecule has 0 bridgehead atoms. The van der Waals surface area contributed by atoms with Crippen LogP contribution in [0.4, 0.5) is 0 Å². The Morgan fingerprint density at radius 1 is 1.10 bits per heavy atom. The highest BCUT2D eigenvalue weighted by atomic mass is 16.7. The van der Waals surface area contributed by atoms with Gasteiger partial charge in [-0.05, 0) is 52.2 Å². The largest absolute Gasteiger partial charge is 0.498 e. The first kappa shape index (κ1) is 16.4. The third kappa shape index (κ3) is 3.27. The molecule has 0 N–H and O–H groups in total. The van der Waals surface area contributed by atoms with E-state index >= 15 is 0 Å². The van der Waals surface area contributed by atoms with Crippen molar-refractivity contribution in [1.29, 1.82) is 0 Å². The van der Waals surface area contributed by atoms with E-state index in [2.05, 4.69) is 54.5 Å². The van der Waals surface area contributed by atoms with Gasteiger partial charge in [0.25, 0.3) is 0 Å². The Morgan fingerprint density at radius 3 is 2.19 bits per heavy atom. The quantitative estimate of drug-likeness (QED) is 0.796. The smallest absolute Gasteiger partial charge is 0.494 e. The first-order valence-corrected chi connectivity index (χ1v) is 7.72. The molecule has 116 valence electrons. The van der Waals surface area contributed by atoms with Crippen LogP contribution in [0.25, 0.3) is 0 Å². The lowest BCUT2D eigenvalue weighted by atomic mass is 9.75. The molecule has 1 aliphatic rings. The molecule has 0 spiro atoms. The molecule has 4 heteroatoms. The van der Waals surface area contributed by atoms with E-state index in [1.807, 2.05) is 12.1 Å². The van der Waals surface area contributed by atoms with Gasteiger partial charge in [-0.25, -0.2) is 0 Å². The molecule has 1 saturated heterocycles. The van der Waals surface area contributed by atoms with E-state index in [4.69, 9.17) is 14.0 Å². The first-order valence-electron chi connectivity index (χ1n) is 7.72. The molecule has 1 aliphatic heterocycles. The summed E-state index contributed by atoms with van der Waals surface area (Å²) in [5.74, 6) is 1.35. The average molecular weight is 290 g/mol. The molecular weight excluding hydrogens is 263 g/mol. The first-order chi connectivity index (χ1) is 9.64. The molecule has 0 saturated carbocycles. The summed E-state index contributed by atoms with van der Waals surface area (Å²) in [6.45, 7) is 15.3. The standard InChI is InChI=1S/C17H27BO3/c1-12(2)11-19-14-10-8-9-13(3)15(14)18-20-16(4,5)17(6,7)21-18/h8-10,12H,11H2,1-7H3. The zero-order valence-corrected chi connectivity index (χ0v) is 14.3. The molecule has 0 atom stereocenters. The number of benzene rings is 1. The summed E-state index contributed by atoms with van der Waals surface area (Å²) in [4.78, 5) is 0. The van der Waals surface area contributed by atoms with Crippen molar-refractivity contribution in [2.45, 2.75) is 59.7 Å². The summed E-state index contributed by atoms with van der Waals surface area (Å²) < 4.78 is 18.3. The summed E-state index contributed by atoms with van der Waals surface area (Å²) in [7, 11) is -0.377. The van der Waals surface area contributed by atoms with Gasteiger partial charge in [-0.3, -0.25) is 0 Å². The fourth-order valence-corrected chi connectivity index (χ4v) is 2.30. The SMILES string of the molecule is Cc1cccc(OCC(C)C)c1B1OC(C)(C)C(C)(C)O1. The lowest BCUT2D eigenvalue weighted by Gasteiger charge is -2.32. The van der Waals surface area contributed by atoms with E-state index in [0.29, 0.717) is 12.5 Å². The molecule has 3 nitrogen and oxygen atoms in total. The van der Waals surface area contributed by atoms with E-state index in [1.165, 1.54) is 0 Å². The fourth-order valence-electron chi connectivity index (χ4n) is 2.30. The predicted octanol–water partition coefficient (Wildman–Crippen LogP) is 3.33. The zero-order chi connectivity index (χ0) is 15.8. The van der Waals surface area contributed by atoms with Crippen molar-refractivity contribution in [3.05, 3.63) is 23.8 Å². The normalized spacial score (nSPS) is 20.1. The molecule has 0 amide bonds. The minimum Gasteiger partial charge on any atom is -0.494 e. The molecule has 1 aromatic rings. The van der Waals surface area contributed by atoms with Crippen LogP contribution in [0.3, 0.4) is 0 Å². The van der Waals surface area contributed by atoms with Gasteiger partial charge in [0.05, 0.1) is 17.8 Å². The van der Waals surface area contributed by atoms with Crippen LogP contribution in [0.5, 0.6) is 5.75 Å². The van der Waals surface area contributed by atoms with Gasteiger partial charge in [-0.2, -0.15) is 0 Å². The van der Waals surface area contributed by atoms with Crippen molar-refractivity contribution < 1.29 is 14.0 Å². The third-order valence-corrected chi connectivity index (χ3v) is 4.35. The molecule has 1 aromatic carbocycles. The minimum atomic E-state index is -0.377. The summed E-state index contributed by atoms with van der Waals surface area (Å²) in [6, 6.07) is 6.08. The van der Waals surface area contributed by atoms with Crippen LogP contribution in [0.15, 0.2) is 18.2 Å². The van der Waals surface area contributed by atoms with E-state index in [-0.39, 0.29) is 18.3 Å². The Morgan fingerprint density at radius 2 is 1.67 bits per heavy atom. The molecule has 21 heavy (non-hydrogen) atoms. The summed E-state index contributed by atoms with van der Waals surface area (Å²) in [6.07, 6.45) is 0.